The minimum Gasteiger partial charge on any atom is -0.457 e. The zero-order valence-corrected chi connectivity index (χ0v) is 33.9. The van der Waals surface area contributed by atoms with Crippen LogP contribution in [0.5, 0.6) is 0 Å². The molecular weight excluding hydrogens is 655 g/mol. The van der Waals surface area contributed by atoms with E-state index in [9.17, 15) is 19.5 Å². The van der Waals surface area contributed by atoms with Crippen LogP contribution in [0.1, 0.15) is 101 Å². The second-order valence-corrected chi connectivity index (χ2v) is 19.7. The summed E-state index contributed by atoms with van der Waals surface area (Å²) in [7, 11) is 1.29. The number of esters is 2. The van der Waals surface area contributed by atoms with E-state index in [1.807, 2.05) is 39.0 Å². The van der Waals surface area contributed by atoms with E-state index in [-0.39, 0.29) is 54.5 Å². The van der Waals surface area contributed by atoms with Gasteiger partial charge in [0.25, 0.3) is 0 Å². The van der Waals surface area contributed by atoms with Crippen molar-refractivity contribution in [2.24, 2.45) is 17.8 Å². The molecule has 2 aliphatic heterocycles. The van der Waals surface area contributed by atoms with Gasteiger partial charge in [0.15, 0.2) is 8.32 Å². The van der Waals surface area contributed by atoms with Crippen LogP contribution in [0.2, 0.25) is 18.1 Å². The number of epoxide rings is 1. The molecule has 10 atom stereocenters. The maximum Gasteiger partial charge on any atom is 0.409 e. The standard InChI is InChI=1S/C39H67NO9Si/c1-13-32(47-38(43)40(11)12)29(8)37-33(46-37)24-26(5)18-17-19-27(6)36-28(7)20-21-34(45-30(9)41)39(10,44)23-22-31(25-35(42)48-36)49-50(14-2,15-3)16-4/h17-21,26,28-29,31-34,36-37,44H,13-16,22-25H2,1-12H3/b18-17+,21-20-,27-19+. The molecule has 1 fully saturated rings. The van der Waals surface area contributed by atoms with Crippen LogP contribution in [-0.2, 0) is 33.0 Å². The van der Waals surface area contributed by atoms with E-state index in [0.29, 0.717) is 12.8 Å². The number of nitrogens with zero attached hydrogens (tertiary/aromatic N) is 1. The third kappa shape index (κ3) is 13.3. The zero-order valence-electron chi connectivity index (χ0n) is 32.9. The lowest BCUT2D eigenvalue weighted by molar-refractivity contribution is -0.157. The molecule has 1 amide bonds. The summed E-state index contributed by atoms with van der Waals surface area (Å²) in [5.74, 6) is -0.751. The van der Waals surface area contributed by atoms with E-state index in [2.05, 4.69) is 40.7 Å². The van der Waals surface area contributed by atoms with Crippen LogP contribution in [0.3, 0.4) is 0 Å². The lowest BCUT2D eigenvalue weighted by Gasteiger charge is -2.36. The Balaban J connectivity index is 2.23. The Hall–Kier alpha value is -2.47. The number of carbonyl (C=O) groups is 3. The molecule has 50 heavy (non-hydrogen) atoms. The summed E-state index contributed by atoms with van der Waals surface area (Å²) in [6.07, 6.45) is 9.82. The molecule has 1 saturated heterocycles. The number of carbonyl (C=O) groups excluding carboxylic acids is 3. The first-order valence-electron chi connectivity index (χ1n) is 18.8. The molecule has 0 aromatic rings. The molecule has 0 aromatic carbocycles. The van der Waals surface area contributed by atoms with Crippen LogP contribution in [0.15, 0.2) is 36.0 Å². The number of aliphatic hydroxyl groups is 1. The first-order chi connectivity index (χ1) is 23.4. The normalized spacial score (nSPS) is 30.7. The number of ether oxygens (including phenoxy) is 4. The van der Waals surface area contributed by atoms with Crippen LogP contribution >= 0.6 is 0 Å². The number of amides is 1. The fraction of sp³-hybridized carbons (Fsp3) is 0.769. The van der Waals surface area contributed by atoms with Gasteiger partial charge in [0.1, 0.15) is 23.9 Å². The highest BCUT2D eigenvalue weighted by atomic mass is 28.4. The quantitative estimate of drug-likeness (QED) is 0.0451. The van der Waals surface area contributed by atoms with Gasteiger partial charge >= 0.3 is 18.0 Å². The van der Waals surface area contributed by atoms with Crippen molar-refractivity contribution in [3.05, 3.63) is 36.0 Å². The van der Waals surface area contributed by atoms with Crippen molar-refractivity contribution in [3.8, 4) is 0 Å². The van der Waals surface area contributed by atoms with Gasteiger partial charge in [0.2, 0.25) is 0 Å². The maximum absolute atomic E-state index is 13.5. The number of hydrogen-bond acceptors (Lipinski definition) is 9. The van der Waals surface area contributed by atoms with Crippen molar-refractivity contribution >= 4 is 26.3 Å². The van der Waals surface area contributed by atoms with Crippen LogP contribution < -0.4 is 0 Å². The average Bonchev–Trinajstić information content (AvgIpc) is 3.83. The molecule has 0 aliphatic carbocycles. The van der Waals surface area contributed by atoms with Crippen LogP contribution in [0.4, 0.5) is 4.79 Å². The minimum absolute atomic E-state index is 0.0514. The van der Waals surface area contributed by atoms with Gasteiger partial charge in [-0.2, -0.15) is 0 Å². The number of hydrogen-bond donors (Lipinski definition) is 1. The summed E-state index contributed by atoms with van der Waals surface area (Å²) in [5, 5.41) is 11.5. The lowest BCUT2D eigenvalue weighted by atomic mass is 9.88. The Morgan fingerprint density at radius 1 is 1.12 bits per heavy atom. The summed E-state index contributed by atoms with van der Waals surface area (Å²) in [6.45, 7) is 19.6. The molecule has 10 unspecified atom stereocenters. The van der Waals surface area contributed by atoms with Crippen molar-refractivity contribution in [3.63, 3.8) is 0 Å². The summed E-state index contributed by atoms with van der Waals surface area (Å²) >= 11 is 0. The van der Waals surface area contributed by atoms with Gasteiger partial charge in [-0.3, -0.25) is 9.59 Å². The first-order valence-corrected chi connectivity index (χ1v) is 21.3. The Morgan fingerprint density at radius 2 is 1.76 bits per heavy atom. The number of rotatable bonds is 15. The zero-order chi connectivity index (χ0) is 37.8. The first kappa shape index (κ1) is 43.7. The van der Waals surface area contributed by atoms with E-state index < -0.39 is 38.2 Å². The fourth-order valence-electron chi connectivity index (χ4n) is 6.83. The third-order valence-electron chi connectivity index (χ3n) is 10.5. The molecule has 2 rings (SSSR count). The second kappa shape index (κ2) is 19.9. The maximum atomic E-state index is 13.5. The molecule has 0 aromatic heterocycles. The van der Waals surface area contributed by atoms with E-state index in [4.69, 9.17) is 23.4 Å². The highest BCUT2D eigenvalue weighted by Gasteiger charge is 2.46. The van der Waals surface area contributed by atoms with Gasteiger partial charge < -0.3 is 33.4 Å². The van der Waals surface area contributed by atoms with Gasteiger partial charge in [-0.05, 0) is 75.2 Å². The highest BCUT2D eigenvalue weighted by Crippen LogP contribution is 2.37. The SMILES string of the molecule is CCC(OC(=O)N(C)C)C(C)C1OC1CC(C)/C=C/C=C(\C)C1OC(=O)CC(O[Si](CC)(CC)CC)CCC(C)(O)C(OC(C)=O)/C=C\C1C. The highest BCUT2D eigenvalue weighted by molar-refractivity contribution is 6.73. The van der Waals surface area contributed by atoms with Crippen molar-refractivity contribution in [1.82, 2.24) is 4.90 Å². The molecule has 2 heterocycles. The van der Waals surface area contributed by atoms with Crippen LogP contribution in [-0.4, -0.2) is 92.7 Å². The topological polar surface area (TPSA) is 124 Å². The molecule has 0 bridgehead atoms. The van der Waals surface area contributed by atoms with Gasteiger partial charge in [0.05, 0.1) is 24.7 Å². The Morgan fingerprint density at radius 3 is 2.32 bits per heavy atom. The Kier molecular flexibility index (Phi) is 17.4. The van der Waals surface area contributed by atoms with Crippen LogP contribution in [0, 0.1) is 17.8 Å². The third-order valence-corrected chi connectivity index (χ3v) is 15.2. The molecule has 10 nitrogen and oxygen atoms in total. The van der Waals surface area contributed by atoms with Gasteiger partial charge in [-0.25, -0.2) is 4.79 Å². The Bertz CT molecular complexity index is 1190. The molecule has 11 heteroatoms. The average molecular weight is 722 g/mol. The largest absolute Gasteiger partial charge is 0.457 e. The van der Waals surface area contributed by atoms with Crippen molar-refractivity contribution < 1.29 is 42.9 Å². The fourth-order valence-corrected chi connectivity index (χ4v) is 9.73. The minimum atomic E-state index is -2.07. The van der Waals surface area contributed by atoms with E-state index in [0.717, 1.165) is 36.5 Å². The number of cyclic esters (lactones) is 1. The monoisotopic (exact) mass is 721 g/mol. The van der Waals surface area contributed by atoms with Crippen LogP contribution in [0.25, 0.3) is 0 Å². The van der Waals surface area contributed by atoms with Gasteiger partial charge in [-0.1, -0.05) is 72.8 Å². The predicted molar refractivity (Wildman–Crippen MR) is 199 cm³/mol. The second-order valence-electron chi connectivity index (χ2n) is 15.0. The molecule has 1 N–H and O–H groups in total. The molecule has 0 spiro atoms. The van der Waals surface area contributed by atoms with E-state index in [1.54, 1.807) is 27.1 Å². The van der Waals surface area contributed by atoms with Gasteiger partial charge in [0, 0.05) is 32.9 Å². The summed E-state index contributed by atoms with van der Waals surface area (Å²) in [5.41, 5.74) is -0.483. The lowest BCUT2D eigenvalue weighted by Crippen LogP contribution is -2.45. The van der Waals surface area contributed by atoms with Gasteiger partial charge in [-0.15, -0.1) is 0 Å². The van der Waals surface area contributed by atoms with Crippen molar-refractivity contribution in [1.29, 1.82) is 0 Å². The molecular formula is C39H67NO9Si. The van der Waals surface area contributed by atoms with Crippen molar-refractivity contribution in [2.75, 3.05) is 14.1 Å². The summed E-state index contributed by atoms with van der Waals surface area (Å²) in [6, 6.07) is 2.81. The summed E-state index contributed by atoms with van der Waals surface area (Å²) < 4.78 is 30.2. The molecule has 0 radical (unpaired) electrons. The predicted octanol–water partition coefficient (Wildman–Crippen LogP) is 7.76. The molecule has 286 valence electrons. The van der Waals surface area contributed by atoms with E-state index in [1.165, 1.54) is 11.8 Å². The number of allylic oxidation sites excluding steroid dienone is 3. The molecule has 0 saturated carbocycles. The summed E-state index contributed by atoms with van der Waals surface area (Å²) in [4.78, 5) is 39.1. The molecule has 2 aliphatic rings. The van der Waals surface area contributed by atoms with E-state index >= 15 is 0 Å². The van der Waals surface area contributed by atoms with Crippen molar-refractivity contribution in [2.45, 2.75) is 162 Å². The smallest absolute Gasteiger partial charge is 0.409 e. The Labute approximate surface area is 303 Å².